The number of hydrogen-bond acceptors (Lipinski definition) is 2. The summed E-state index contributed by atoms with van der Waals surface area (Å²) in [4.78, 5) is 4.76. The monoisotopic (exact) mass is 441 g/mol. The molecule has 4 aromatic rings. The molecule has 24 heavy (non-hydrogen) atoms. The lowest BCUT2D eigenvalue weighted by molar-refractivity contribution is 1.10. The zero-order valence-corrected chi connectivity index (χ0v) is 15.8. The van der Waals surface area contributed by atoms with Crippen molar-refractivity contribution in [3.63, 3.8) is 0 Å². The molecule has 0 fully saturated rings. The SMILES string of the molecule is Brc1ccc(Nc2nc3ccccc3n2-c2ccc(Br)cc2)cc1. The summed E-state index contributed by atoms with van der Waals surface area (Å²) in [6, 6.07) is 24.4. The molecule has 3 aromatic carbocycles. The van der Waals surface area contributed by atoms with E-state index in [0.29, 0.717) is 0 Å². The van der Waals surface area contributed by atoms with Crippen LogP contribution in [0, 0.1) is 0 Å². The fraction of sp³-hybridized carbons (Fsp3) is 0. The zero-order valence-electron chi connectivity index (χ0n) is 12.6. The van der Waals surface area contributed by atoms with Gasteiger partial charge in [0.25, 0.3) is 0 Å². The van der Waals surface area contributed by atoms with E-state index in [2.05, 4.69) is 59.9 Å². The van der Waals surface area contributed by atoms with Gasteiger partial charge in [-0.15, -0.1) is 0 Å². The van der Waals surface area contributed by atoms with E-state index in [0.717, 1.165) is 37.3 Å². The second kappa shape index (κ2) is 6.42. The van der Waals surface area contributed by atoms with Gasteiger partial charge < -0.3 is 5.32 Å². The summed E-state index contributed by atoms with van der Waals surface area (Å²) in [6.45, 7) is 0. The summed E-state index contributed by atoms with van der Waals surface area (Å²) in [5.41, 5.74) is 4.08. The Morgan fingerprint density at radius 1 is 0.750 bits per heavy atom. The molecule has 0 bridgehead atoms. The number of hydrogen-bond donors (Lipinski definition) is 1. The van der Waals surface area contributed by atoms with Crippen molar-refractivity contribution < 1.29 is 0 Å². The van der Waals surface area contributed by atoms with E-state index >= 15 is 0 Å². The van der Waals surface area contributed by atoms with Crippen LogP contribution in [0.5, 0.6) is 0 Å². The molecule has 3 nitrogen and oxygen atoms in total. The van der Waals surface area contributed by atoms with E-state index in [9.17, 15) is 0 Å². The van der Waals surface area contributed by atoms with Crippen molar-refractivity contribution >= 4 is 54.5 Å². The molecular weight excluding hydrogens is 430 g/mol. The number of para-hydroxylation sites is 2. The van der Waals surface area contributed by atoms with Crippen LogP contribution in [0.2, 0.25) is 0 Å². The molecule has 0 atom stereocenters. The Labute approximate surface area is 156 Å². The minimum atomic E-state index is 0.792. The summed E-state index contributed by atoms with van der Waals surface area (Å²) in [6.07, 6.45) is 0. The van der Waals surface area contributed by atoms with E-state index in [1.54, 1.807) is 0 Å². The van der Waals surface area contributed by atoms with Gasteiger partial charge in [-0.05, 0) is 60.7 Å². The first-order valence-corrected chi connectivity index (χ1v) is 9.05. The Morgan fingerprint density at radius 3 is 2.08 bits per heavy atom. The number of nitrogens with one attached hydrogen (secondary N) is 1. The predicted molar refractivity (Wildman–Crippen MR) is 106 cm³/mol. The van der Waals surface area contributed by atoms with E-state index in [4.69, 9.17) is 4.98 Å². The highest BCUT2D eigenvalue weighted by molar-refractivity contribution is 9.10. The van der Waals surface area contributed by atoms with Crippen molar-refractivity contribution in [1.82, 2.24) is 9.55 Å². The number of fused-ring (bicyclic) bond motifs is 1. The molecule has 1 N–H and O–H groups in total. The van der Waals surface area contributed by atoms with Crippen molar-refractivity contribution in [2.24, 2.45) is 0 Å². The number of imidazole rings is 1. The van der Waals surface area contributed by atoms with Crippen LogP contribution in [0.1, 0.15) is 0 Å². The molecule has 1 heterocycles. The fourth-order valence-corrected chi connectivity index (χ4v) is 3.15. The van der Waals surface area contributed by atoms with E-state index in [-0.39, 0.29) is 0 Å². The molecule has 0 amide bonds. The Morgan fingerprint density at radius 2 is 1.38 bits per heavy atom. The van der Waals surface area contributed by atoms with Gasteiger partial charge in [0, 0.05) is 20.3 Å². The maximum absolute atomic E-state index is 4.76. The van der Waals surface area contributed by atoms with Crippen molar-refractivity contribution in [3.05, 3.63) is 81.7 Å². The van der Waals surface area contributed by atoms with Gasteiger partial charge in [-0.3, -0.25) is 4.57 Å². The number of benzene rings is 3. The van der Waals surface area contributed by atoms with Crippen LogP contribution in [0.25, 0.3) is 16.7 Å². The lowest BCUT2D eigenvalue weighted by Crippen LogP contribution is -2.01. The van der Waals surface area contributed by atoms with Gasteiger partial charge in [0.15, 0.2) is 0 Å². The Bertz CT molecular complexity index is 989. The molecule has 1 aromatic heterocycles. The van der Waals surface area contributed by atoms with Crippen molar-refractivity contribution in [1.29, 1.82) is 0 Å². The Hall–Kier alpha value is -2.11. The second-order valence-corrected chi connectivity index (χ2v) is 7.20. The average Bonchev–Trinajstić information content (AvgIpc) is 2.96. The fourth-order valence-electron chi connectivity index (χ4n) is 2.62. The molecule has 0 radical (unpaired) electrons. The summed E-state index contributed by atoms with van der Waals surface area (Å²) in [7, 11) is 0. The highest BCUT2D eigenvalue weighted by atomic mass is 79.9. The largest absolute Gasteiger partial charge is 0.325 e. The van der Waals surface area contributed by atoms with Gasteiger partial charge >= 0.3 is 0 Å². The van der Waals surface area contributed by atoms with Gasteiger partial charge in [-0.25, -0.2) is 4.98 Å². The molecule has 0 saturated carbocycles. The van der Waals surface area contributed by atoms with Gasteiger partial charge in [-0.2, -0.15) is 0 Å². The molecule has 0 aliphatic carbocycles. The molecule has 0 spiro atoms. The van der Waals surface area contributed by atoms with Gasteiger partial charge in [-0.1, -0.05) is 44.0 Å². The normalized spacial score (nSPS) is 10.9. The topological polar surface area (TPSA) is 29.9 Å². The van der Waals surface area contributed by atoms with Crippen LogP contribution in [-0.4, -0.2) is 9.55 Å². The smallest absolute Gasteiger partial charge is 0.213 e. The van der Waals surface area contributed by atoms with Gasteiger partial charge in [0.1, 0.15) is 0 Å². The van der Waals surface area contributed by atoms with Gasteiger partial charge in [0.05, 0.1) is 11.0 Å². The molecule has 5 heteroatoms. The van der Waals surface area contributed by atoms with E-state index in [1.807, 2.05) is 54.6 Å². The predicted octanol–water partition coefficient (Wildman–Crippen LogP) is 6.29. The average molecular weight is 443 g/mol. The highest BCUT2D eigenvalue weighted by Crippen LogP contribution is 2.28. The first-order chi connectivity index (χ1) is 11.7. The number of anilines is 2. The third-order valence-corrected chi connectivity index (χ3v) is 4.80. The molecule has 0 unspecified atom stereocenters. The standard InChI is InChI=1S/C19H13Br2N3/c20-13-5-9-15(10-6-13)22-19-23-17-3-1-2-4-18(17)24(19)16-11-7-14(21)8-12-16/h1-12H,(H,22,23). The van der Waals surface area contributed by atoms with E-state index in [1.165, 1.54) is 0 Å². The minimum Gasteiger partial charge on any atom is -0.325 e. The number of aromatic nitrogens is 2. The number of halogens is 2. The summed E-state index contributed by atoms with van der Waals surface area (Å²) in [5, 5.41) is 3.42. The first-order valence-electron chi connectivity index (χ1n) is 7.47. The van der Waals surface area contributed by atoms with Crippen molar-refractivity contribution in [2.75, 3.05) is 5.32 Å². The van der Waals surface area contributed by atoms with Gasteiger partial charge in [0.2, 0.25) is 5.95 Å². The molecular formula is C19H13Br2N3. The maximum Gasteiger partial charge on any atom is 0.213 e. The zero-order chi connectivity index (χ0) is 16.5. The molecule has 0 aliphatic rings. The lowest BCUT2D eigenvalue weighted by atomic mass is 10.3. The van der Waals surface area contributed by atoms with Crippen LogP contribution in [0.4, 0.5) is 11.6 Å². The van der Waals surface area contributed by atoms with Crippen LogP contribution < -0.4 is 5.32 Å². The van der Waals surface area contributed by atoms with Crippen molar-refractivity contribution in [3.8, 4) is 5.69 Å². The molecule has 4 rings (SSSR count). The second-order valence-electron chi connectivity index (χ2n) is 5.37. The lowest BCUT2D eigenvalue weighted by Gasteiger charge is -2.11. The van der Waals surface area contributed by atoms with Crippen LogP contribution in [0.15, 0.2) is 81.7 Å². The molecule has 118 valence electrons. The maximum atomic E-state index is 4.76. The third-order valence-electron chi connectivity index (χ3n) is 3.75. The van der Waals surface area contributed by atoms with Crippen molar-refractivity contribution in [2.45, 2.75) is 0 Å². The Balaban J connectivity index is 1.86. The van der Waals surface area contributed by atoms with Crippen LogP contribution >= 0.6 is 31.9 Å². The van der Waals surface area contributed by atoms with Crippen LogP contribution in [0.3, 0.4) is 0 Å². The minimum absolute atomic E-state index is 0.792. The molecule has 0 saturated heterocycles. The quantitative estimate of drug-likeness (QED) is 0.403. The third kappa shape index (κ3) is 2.97. The summed E-state index contributed by atoms with van der Waals surface area (Å²) < 4.78 is 4.23. The summed E-state index contributed by atoms with van der Waals surface area (Å²) in [5.74, 6) is 0.792. The first kappa shape index (κ1) is 15.4. The number of nitrogens with zero attached hydrogens (tertiary/aromatic N) is 2. The van der Waals surface area contributed by atoms with Crippen LogP contribution in [-0.2, 0) is 0 Å². The highest BCUT2D eigenvalue weighted by Gasteiger charge is 2.12. The molecule has 0 aliphatic heterocycles. The number of rotatable bonds is 3. The summed E-state index contributed by atoms with van der Waals surface area (Å²) >= 11 is 6.96. The van der Waals surface area contributed by atoms with E-state index < -0.39 is 0 Å². The Kier molecular flexibility index (Phi) is 4.12.